The number of amides is 2. The Morgan fingerprint density at radius 2 is 1.71 bits per heavy atom. The van der Waals surface area contributed by atoms with Gasteiger partial charge in [-0.15, -0.1) is 0 Å². The molecule has 0 saturated carbocycles. The summed E-state index contributed by atoms with van der Waals surface area (Å²) < 4.78 is 1.30. The standard InChI is InChI=1S/C13H10N4O4/c18-12-9-3-1-2-4-10(9)13(19)16(12)6-5-15-8-14-7-11(15)17(20)21/h1-4,7-8H,5-6H2. The molecule has 1 aromatic heterocycles. The van der Waals surface area contributed by atoms with E-state index in [4.69, 9.17) is 0 Å². The van der Waals surface area contributed by atoms with E-state index >= 15 is 0 Å². The van der Waals surface area contributed by atoms with E-state index in [1.54, 1.807) is 24.3 Å². The number of hydrogen-bond donors (Lipinski definition) is 0. The van der Waals surface area contributed by atoms with Crippen molar-refractivity contribution in [1.29, 1.82) is 0 Å². The van der Waals surface area contributed by atoms with Gasteiger partial charge in [-0.25, -0.2) is 9.55 Å². The number of benzene rings is 1. The molecule has 0 spiro atoms. The lowest BCUT2D eigenvalue weighted by Crippen LogP contribution is -2.32. The molecule has 0 saturated heterocycles. The number of fused-ring (bicyclic) bond motifs is 1. The van der Waals surface area contributed by atoms with Gasteiger partial charge in [0.1, 0.15) is 12.7 Å². The number of hydrogen-bond acceptors (Lipinski definition) is 5. The molecule has 0 bridgehead atoms. The van der Waals surface area contributed by atoms with Crippen molar-refractivity contribution in [2.45, 2.75) is 6.54 Å². The van der Waals surface area contributed by atoms with Crippen molar-refractivity contribution < 1.29 is 14.5 Å². The minimum atomic E-state index is -0.560. The fraction of sp³-hybridized carbons (Fsp3) is 0.154. The van der Waals surface area contributed by atoms with Crippen LogP contribution in [0.5, 0.6) is 0 Å². The van der Waals surface area contributed by atoms with E-state index in [1.807, 2.05) is 0 Å². The lowest BCUT2D eigenvalue weighted by atomic mass is 10.1. The van der Waals surface area contributed by atoms with Crippen molar-refractivity contribution in [3.63, 3.8) is 0 Å². The minimum Gasteiger partial charge on any atom is -0.358 e. The molecule has 0 N–H and O–H groups in total. The summed E-state index contributed by atoms with van der Waals surface area (Å²) in [4.78, 5) is 39.3. The maximum absolute atomic E-state index is 12.1. The zero-order valence-corrected chi connectivity index (χ0v) is 10.8. The largest absolute Gasteiger partial charge is 0.358 e. The number of nitro groups is 1. The summed E-state index contributed by atoms with van der Waals surface area (Å²) in [7, 11) is 0. The molecule has 8 heteroatoms. The fourth-order valence-corrected chi connectivity index (χ4v) is 2.29. The van der Waals surface area contributed by atoms with Crippen molar-refractivity contribution in [1.82, 2.24) is 14.5 Å². The fourth-order valence-electron chi connectivity index (χ4n) is 2.29. The number of imidazole rings is 1. The first-order valence-electron chi connectivity index (χ1n) is 6.19. The molecule has 2 aromatic rings. The third-order valence-electron chi connectivity index (χ3n) is 3.32. The highest BCUT2D eigenvalue weighted by Crippen LogP contribution is 2.22. The van der Waals surface area contributed by atoms with Crippen molar-refractivity contribution in [2.24, 2.45) is 0 Å². The lowest BCUT2D eigenvalue weighted by Gasteiger charge is -2.12. The van der Waals surface area contributed by atoms with Gasteiger partial charge in [0.2, 0.25) is 0 Å². The summed E-state index contributed by atoms with van der Waals surface area (Å²) in [6.45, 7) is 0.186. The Kier molecular flexibility index (Phi) is 2.98. The molecule has 0 unspecified atom stereocenters. The Morgan fingerprint density at radius 3 is 2.29 bits per heavy atom. The van der Waals surface area contributed by atoms with E-state index in [0.717, 1.165) is 11.1 Å². The predicted molar refractivity (Wildman–Crippen MR) is 70.7 cm³/mol. The molecule has 1 aliphatic rings. The third-order valence-corrected chi connectivity index (χ3v) is 3.32. The van der Waals surface area contributed by atoms with Crippen LogP contribution in [0.4, 0.5) is 5.82 Å². The highest BCUT2D eigenvalue weighted by Gasteiger charge is 2.35. The normalized spacial score (nSPS) is 13.6. The van der Waals surface area contributed by atoms with Gasteiger partial charge in [0, 0.05) is 0 Å². The lowest BCUT2D eigenvalue weighted by molar-refractivity contribution is -0.392. The summed E-state index contributed by atoms with van der Waals surface area (Å²) in [5.41, 5.74) is 0.727. The van der Waals surface area contributed by atoms with Crippen LogP contribution in [0.3, 0.4) is 0 Å². The maximum Gasteiger partial charge on any atom is 0.342 e. The Labute approximate surface area is 118 Å². The van der Waals surface area contributed by atoms with E-state index in [2.05, 4.69) is 4.98 Å². The van der Waals surface area contributed by atoms with Crippen LogP contribution in [0, 0.1) is 10.1 Å². The zero-order valence-electron chi connectivity index (χ0n) is 10.8. The quantitative estimate of drug-likeness (QED) is 0.476. The second kappa shape index (κ2) is 4.82. The second-order valence-corrected chi connectivity index (χ2v) is 4.51. The minimum absolute atomic E-state index is 0.0591. The summed E-state index contributed by atoms with van der Waals surface area (Å²) in [5.74, 6) is -0.927. The molecule has 2 amide bonds. The van der Waals surface area contributed by atoms with Crippen molar-refractivity contribution >= 4 is 17.6 Å². The molecule has 0 radical (unpaired) electrons. The first-order chi connectivity index (χ1) is 10.1. The van der Waals surface area contributed by atoms with Gasteiger partial charge in [0.05, 0.1) is 17.7 Å². The summed E-state index contributed by atoms with van der Waals surface area (Å²) in [6, 6.07) is 6.56. The van der Waals surface area contributed by atoms with Gasteiger partial charge in [-0.2, -0.15) is 0 Å². The summed E-state index contributed by atoms with van der Waals surface area (Å²) >= 11 is 0. The van der Waals surface area contributed by atoms with Gasteiger partial charge in [-0.05, 0) is 17.1 Å². The highest BCUT2D eigenvalue weighted by atomic mass is 16.6. The van der Waals surface area contributed by atoms with E-state index < -0.39 is 4.92 Å². The molecule has 0 atom stereocenters. The van der Waals surface area contributed by atoms with Crippen molar-refractivity contribution in [2.75, 3.05) is 6.54 Å². The Morgan fingerprint density at radius 1 is 1.10 bits per heavy atom. The first kappa shape index (κ1) is 13.0. The molecular formula is C13H10N4O4. The smallest absolute Gasteiger partial charge is 0.342 e. The first-order valence-corrected chi connectivity index (χ1v) is 6.19. The van der Waals surface area contributed by atoms with Gasteiger partial charge in [-0.1, -0.05) is 12.1 Å². The van der Waals surface area contributed by atoms with Crippen LogP contribution in [-0.4, -0.2) is 37.7 Å². The molecule has 3 rings (SSSR count). The molecule has 21 heavy (non-hydrogen) atoms. The zero-order chi connectivity index (χ0) is 15.0. The van der Waals surface area contributed by atoms with Gasteiger partial charge < -0.3 is 10.1 Å². The molecule has 8 nitrogen and oxygen atoms in total. The van der Waals surface area contributed by atoms with Crippen LogP contribution in [-0.2, 0) is 6.54 Å². The van der Waals surface area contributed by atoms with Gasteiger partial charge in [0.15, 0.2) is 6.33 Å². The highest BCUT2D eigenvalue weighted by molar-refractivity contribution is 6.21. The summed E-state index contributed by atoms with van der Waals surface area (Å²) in [5, 5.41) is 10.8. The van der Waals surface area contributed by atoms with E-state index in [0.29, 0.717) is 11.1 Å². The number of carbonyl (C=O) groups excluding carboxylic acids is 2. The van der Waals surface area contributed by atoms with Crippen LogP contribution in [0.15, 0.2) is 36.8 Å². The van der Waals surface area contributed by atoms with Crippen LogP contribution in [0.25, 0.3) is 0 Å². The van der Waals surface area contributed by atoms with Crippen molar-refractivity contribution in [3.8, 4) is 0 Å². The number of aromatic nitrogens is 2. The van der Waals surface area contributed by atoms with Crippen molar-refractivity contribution in [3.05, 3.63) is 58.0 Å². The molecule has 106 valence electrons. The average Bonchev–Trinajstić information content (AvgIpc) is 3.03. The monoisotopic (exact) mass is 286 g/mol. The van der Waals surface area contributed by atoms with E-state index in [9.17, 15) is 19.7 Å². The molecule has 1 aliphatic heterocycles. The van der Waals surface area contributed by atoms with Crippen LogP contribution in [0.2, 0.25) is 0 Å². The molecular weight excluding hydrogens is 276 g/mol. The Hall–Kier alpha value is -3.03. The van der Waals surface area contributed by atoms with Gasteiger partial charge >= 0.3 is 5.82 Å². The SMILES string of the molecule is O=C1c2ccccc2C(=O)N1CCn1cncc1[N+](=O)[O-]. The molecule has 1 aromatic carbocycles. The van der Waals surface area contributed by atoms with Crippen LogP contribution < -0.4 is 0 Å². The van der Waals surface area contributed by atoms with Gasteiger partial charge in [-0.3, -0.25) is 14.5 Å². The van der Waals surface area contributed by atoms with Gasteiger partial charge in [0.25, 0.3) is 11.8 Å². The third kappa shape index (κ3) is 2.06. The number of nitrogens with zero attached hydrogens (tertiary/aromatic N) is 4. The van der Waals surface area contributed by atoms with E-state index in [-0.39, 0.29) is 30.7 Å². The molecule has 0 fully saturated rings. The number of rotatable bonds is 4. The predicted octanol–water partition coefficient (Wildman–Crippen LogP) is 1.09. The Balaban J connectivity index is 1.78. The second-order valence-electron chi connectivity index (χ2n) is 4.51. The van der Waals surface area contributed by atoms with Crippen LogP contribution >= 0.6 is 0 Å². The number of imide groups is 1. The Bertz CT molecular complexity index is 717. The maximum atomic E-state index is 12.1. The molecule has 2 heterocycles. The molecule has 0 aliphatic carbocycles. The van der Waals surface area contributed by atoms with E-state index in [1.165, 1.54) is 10.9 Å². The number of carbonyl (C=O) groups is 2. The topological polar surface area (TPSA) is 98.3 Å². The summed E-state index contributed by atoms with van der Waals surface area (Å²) in [6.07, 6.45) is 2.43. The van der Waals surface area contributed by atoms with Crippen LogP contribution in [0.1, 0.15) is 20.7 Å². The average molecular weight is 286 g/mol.